The molecule has 0 aliphatic carbocycles. The van der Waals surface area contributed by atoms with Gasteiger partial charge in [0.15, 0.2) is 0 Å². The molecule has 3 aromatic rings. The minimum absolute atomic E-state index is 0.317. The molecule has 0 unspecified atom stereocenters. The number of methoxy groups -OCH3 is 1. The first-order valence-corrected chi connectivity index (χ1v) is 8.72. The van der Waals surface area contributed by atoms with Crippen LogP contribution in [0.3, 0.4) is 0 Å². The van der Waals surface area contributed by atoms with Gasteiger partial charge < -0.3 is 19.8 Å². The number of pyridine rings is 2. The molecule has 0 saturated carbocycles. The zero-order valence-electron chi connectivity index (χ0n) is 15.2. The van der Waals surface area contributed by atoms with Gasteiger partial charge in [0.05, 0.1) is 29.7 Å². The normalized spacial score (nSPS) is 19.3. The second-order valence-electron chi connectivity index (χ2n) is 6.43. The van der Waals surface area contributed by atoms with Crippen molar-refractivity contribution in [3.63, 3.8) is 0 Å². The Morgan fingerprint density at radius 3 is 3.04 bits per heavy atom. The summed E-state index contributed by atoms with van der Waals surface area (Å²) in [6.07, 6.45) is 4.36. The van der Waals surface area contributed by atoms with Crippen LogP contribution in [0.4, 0.5) is 10.6 Å². The second-order valence-corrected chi connectivity index (χ2v) is 6.43. The molecule has 1 aliphatic rings. The van der Waals surface area contributed by atoms with Gasteiger partial charge in [0.2, 0.25) is 0 Å². The van der Waals surface area contributed by atoms with E-state index in [0.717, 1.165) is 34.3 Å². The summed E-state index contributed by atoms with van der Waals surface area (Å²) < 4.78 is 11.3. The van der Waals surface area contributed by atoms with Crippen LogP contribution in [0.15, 0.2) is 36.7 Å². The minimum atomic E-state index is -0.504. The smallest absolute Gasteiger partial charge is 0.320 e. The largest absolute Gasteiger partial charge is 0.378 e. The third kappa shape index (κ3) is 3.13. The number of fused-ring (bicyclic) bond motifs is 1. The summed E-state index contributed by atoms with van der Waals surface area (Å²) in [4.78, 5) is 23.9. The Morgan fingerprint density at radius 2 is 2.30 bits per heavy atom. The van der Waals surface area contributed by atoms with Gasteiger partial charge in [0.25, 0.3) is 0 Å². The number of hydrogen-bond donors (Lipinski definition) is 3. The van der Waals surface area contributed by atoms with E-state index in [1.165, 1.54) is 0 Å². The lowest BCUT2D eigenvalue weighted by atomic mass is 9.97. The summed E-state index contributed by atoms with van der Waals surface area (Å²) >= 11 is 0. The number of ether oxygens (including phenoxy) is 2. The highest BCUT2D eigenvalue weighted by Crippen LogP contribution is 2.35. The molecule has 4 heterocycles. The molecular weight excluding hydrogens is 346 g/mol. The monoisotopic (exact) mass is 367 g/mol. The molecule has 0 bridgehead atoms. The van der Waals surface area contributed by atoms with Crippen LogP contribution in [0.1, 0.15) is 12.1 Å². The fourth-order valence-electron chi connectivity index (χ4n) is 3.33. The van der Waals surface area contributed by atoms with Gasteiger partial charge in [0.1, 0.15) is 11.4 Å². The van der Waals surface area contributed by atoms with Gasteiger partial charge in [-0.2, -0.15) is 0 Å². The number of carbonyl (C=O) groups is 1. The Hall–Kier alpha value is -2.97. The molecule has 0 radical (unpaired) electrons. The molecule has 0 spiro atoms. The Bertz CT molecular complexity index is 978. The third-order valence-electron chi connectivity index (χ3n) is 4.90. The van der Waals surface area contributed by atoms with Crippen molar-refractivity contribution in [2.24, 2.45) is 0 Å². The molecule has 1 aliphatic heterocycles. The SMILES string of the molecule is CNC(=O)Nc1cc2c(-c3cccc([C@]4(OC)CCOC4)n3)c[nH]c2cn1. The molecule has 2 amide bonds. The molecule has 8 nitrogen and oxygen atoms in total. The van der Waals surface area contributed by atoms with E-state index in [4.69, 9.17) is 14.5 Å². The second kappa shape index (κ2) is 6.98. The number of carbonyl (C=O) groups excluding carboxylic acids is 1. The maximum atomic E-state index is 11.6. The van der Waals surface area contributed by atoms with Crippen LogP contribution < -0.4 is 10.6 Å². The molecule has 27 heavy (non-hydrogen) atoms. The van der Waals surface area contributed by atoms with Crippen LogP contribution in [0.2, 0.25) is 0 Å². The predicted molar refractivity (Wildman–Crippen MR) is 102 cm³/mol. The fraction of sp³-hybridized carbons (Fsp3) is 0.316. The van der Waals surface area contributed by atoms with Crippen LogP contribution in [0.5, 0.6) is 0 Å². The summed E-state index contributed by atoms with van der Waals surface area (Å²) in [5, 5.41) is 6.13. The summed E-state index contributed by atoms with van der Waals surface area (Å²) in [5.41, 5.74) is 2.96. The molecule has 4 rings (SSSR count). The first kappa shape index (κ1) is 17.4. The summed E-state index contributed by atoms with van der Waals surface area (Å²) in [7, 11) is 3.25. The Balaban J connectivity index is 1.75. The van der Waals surface area contributed by atoms with Crippen LogP contribution >= 0.6 is 0 Å². The van der Waals surface area contributed by atoms with E-state index >= 15 is 0 Å². The summed E-state index contributed by atoms with van der Waals surface area (Å²) in [5.74, 6) is 0.469. The number of nitrogens with one attached hydrogen (secondary N) is 3. The van der Waals surface area contributed by atoms with Gasteiger partial charge in [-0.25, -0.2) is 14.8 Å². The molecule has 1 fully saturated rings. The lowest BCUT2D eigenvalue weighted by Gasteiger charge is -2.25. The lowest BCUT2D eigenvalue weighted by Crippen LogP contribution is -2.30. The van der Waals surface area contributed by atoms with Crippen LogP contribution in [0.25, 0.3) is 22.2 Å². The van der Waals surface area contributed by atoms with Crippen molar-refractivity contribution in [1.29, 1.82) is 0 Å². The molecule has 3 aromatic heterocycles. The number of rotatable bonds is 4. The quantitative estimate of drug-likeness (QED) is 0.658. The number of aromatic nitrogens is 3. The Labute approximate surface area is 156 Å². The maximum absolute atomic E-state index is 11.6. The van der Waals surface area contributed by atoms with E-state index in [0.29, 0.717) is 19.0 Å². The van der Waals surface area contributed by atoms with Crippen LogP contribution in [0, 0.1) is 0 Å². The van der Waals surface area contributed by atoms with E-state index in [9.17, 15) is 4.79 Å². The lowest BCUT2D eigenvalue weighted by molar-refractivity contribution is -0.0245. The first-order chi connectivity index (χ1) is 13.1. The number of urea groups is 1. The van der Waals surface area contributed by atoms with Gasteiger partial charge in [-0.05, 0) is 18.2 Å². The molecular formula is C19H21N5O3. The topological polar surface area (TPSA) is 101 Å². The van der Waals surface area contributed by atoms with Crippen molar-refractivity contribution in [2.75, 3.05) is 32.7 Å². The van der Waals surface area contributed by atoms with E-state index in [1.54, 1.807) is 20.4 Å². The first-order valence-electron chi connectivity index (χ1n) is 8.72. The minimum Gasteiger partial charge on any atom is -0.378 e. The number of aromatic amines is 1. The van der Waals surface area contributed by atoms with Crippen LogP contribution in [-0.4, -0.2) is 48.4 Å². The average molecular weight is 367 g/mol. The van der Waals surface area contributed by atoms with E-state index in [2.05, 4.69) is 20.6 Å². The fourth-order valence-corrected chi connectivity index (χ4v) is 3.33. The molecule has 1 saturated heterocycles. The van der Waals surface area contributed by atoms with Gasteiger partial charge in [0, 0.05) is 44.3 Å². The van der Waals surface area contributed by atoms with Gasteiger partial charge in [-0.3, -0.25) is 5.32 Å². The highest BCUT2D eigenvalue weighted by molar-refractivity contribution is 5.97. The zero-order chi connectivity index (χ0) is 18.9. The van der Waals surface area contributed by atoms with Crippen molar-refractivity contribution in [3.8, 4) is 11.3 Å². The predicted octanol–water partition coefficient (Wildman–Crippen LogP) is 2.64. The van der Waals surface area contributed by atoms with Gasteiger partial charge in [-0.15, -0.1) is 0 Å². The molecule has 1 atom stereocenters. The van der Waals surface area contributed by atoms with Crippen molar-refractivity contribution in [2.45, 2.75) is 12.0 Å². The van der Waals surface area contributed by atoms with Gasteiger partial charge in [-0.1, -0.05) is 6.07 Å². The van der Waals surface area contributed by atoms with Gasteiger partial charge >= 0.3 is 6.03 Å². The third-order valence-corrected chi connectivity index (χ3v) is 4.90. The molecule has 140 valence electrons. The highest BCUT2D eigenvalue weighted by Gasteiger charge is 2.38. The van der Waals surface area contributed by atoms with Crippen molar-refractivity contribution in [1.82, 2.24) is 20.3 Å². The molecule has 3 N–H and O–H groups in total. The van der Waals surface area contributed by atoms with E-state index in [-0.39, 0.29) is 6.03 Å². The van der Waals surface area contributed by atoms with Crippen molar-refractivity contribution < 1.29 is 14.3 Å². The zero-order valence-corrected chi connectivity index (χ0v) is 15.2. The average Bonchev–Trinajstić information content (AvgIpc) is 3.35. The van der Waals surface area contributed by atoms with Crippen molar-refractivity contribution in [3.05, 3.63) is 42.4 Å². The number of hydrogen-bond acceptors (Lipinski definition) is 5. The number of amides is 2. The summed E-state index contributed by atoms with van der Waals surface area (Å²) in [6.45, 7) is 1.16. The molecule has 0 aromatic carbocycles. The number of H-pyrrole nitrogens is 1. The maximum Gasteiger partial charge on any atom is 0.320 e. The molecule has 8 heteroatoms. The Kier molecular flexibility index (Phi) is 4.51. The van der Waals surface area contributed by atoms with Crippen molar-refractivity contribution >= 4 is 22.8 Å². The van der Waals surface area contributed by atoms with Crippen LogP contribution in [-0.2, 0) is 15.1 Å². The number of nitrogens with zero attached hydrogens (tertiary/aromatic N) is 2. The van der Waals surface area contributed by atoms with E-state index < -0.39 is 5.60 Å². The highest BCUT2D eigenvalue weighted by atomic mass is 16.5. The van der Waals surface area contributed by atoms with E-state index in [1.807, 2.05) is 30.5 Å². The Morgan fingerprint density at radius 1 is 1.41 bits per heavy atom. The standard InChI is InChI=1S/C19H21N5O3/c1-20-18(25)24-17-8-12-13(9-21-15(12)10-22-17)14-4-3-5-16(23-14)19(26-2)6-7-27-11-19/h3-5,8-10,21H,6-7,11H2,1-2H3,(H2,20,22,24,25)/t19-/m0/s1. The number of anilines is 1. The summed E-state index contributed by atoms with van der Waals surface area (Å²) in [6, 6.07) is 7.41.